The Kier molecular flexibility index (Phi) is 2.91. The molecule has 0 atom stereocenters. The zero-order valence-electron chi connectivity index (χ0n) is 9.82. The SMILES string of the molecule is Cc1cccnc1Oc1cccc(C)c1C. The second-order valence-electron chi connectivity index (χ2n) is 3.93. The summed E-state index contributed by atoms with van der Waals surface area (Å²) in [6, 6.07) is 9.94. The average Bonchev–Trinajstić information content (AvgIpc) is 2.28. The van der Waals surface area contributed by atoms with E-state index in [9.17, 15) is 0 Å². The number of aryl methyl sites for hydroxylation is 2. The van der Waals surface area contributed by atoms with Gasteiger partial charge in [0.1, 0.15) is 5.75 Å². The summed E-state index contributed by atoms with van der Waals surface area (Å²) in [6.45, 7) is 6.13. The molecule has 1 heterocycles. The van der Waals surface area contributed by atoms with Crippen LogP contribution in [0.4, 0.5) is 0 Å². The molecule has 2 nitrogen and oxygen atoms in total. The molecule has 0 saturated carbocycles. The van der Waals surface area contributed by atoms with Crippen LogP contribution < -0.4 is 4.74 Å². The van der Waals surface area contributed by atoms with Crippen molar-refractivity contribution in [2.24, 2.45) is 0 Å². The Hall–Kier alpha value is -1.83. The predicted octanol–water partition coefficient (Wildman–Crippen LogP) is 3.80. The van der Waals surface area contributed by atoms with Crippen molar-refractivity contribution in [2.45, 2.75) is 20.8 Å². The van der Waals surface area contributed by atoms with Gasteiger partial charge in [-0.05, 0) is 44.0 Å². The first-order chi connectivity index (χ1) is 7.68. The average molecular weight is 213 g/mol. The maximum atomic E-state index is 5.81. The van der Waals surface area contributed by atoms with Crippen LogP contribution in [-0.2, 0) is 0 Å². The summed E-state index contributed by atoms with van der Waals surface area (Å²) >= 11 is 0. The van der Waals surface area contributed by atoms with Crippen LogP contribution in [0.15, 0.2) is 36.5 Å². The van der Waals surface area contributed by atoms with Crippen LogP contribution in [0.3, 0.4) is 0 Å². The van der Waals surface area contributed by atoms with Crippen LogP contribution in [0.2, 0.25) is 0 Å². The fraction of sp³-hybridized carbons (Fsp3) is 0.214. The van der Waals surface area contributed by atoms with Crippen LogP contribution in [-0.4, -0.2) is 4.98 Å². The van der Waals surface area contributed by atoms with Crippen molar-refractivity contribution in [1.82, 2.24) is 4.98 Å². The second-order valence-corrected chi connectivity index (χ2v) is 3.93. The summed E-state index contributed by atoms with van der Waals surface area (Å²) in [5.74, 6) is 1.55. The molecule has 82 valence electrons. The first-order valence-electron chi connectivity index (χ1n) is 5.34. The molecule has 2 aromatic rings. The van der Waals surface area contributed by atoms with Gasteiger partial charge >= 0.3 is 0 Å². The molecule has 0 radical (unpaired) electrons. The van der Waals surface area contributed by atoms with Crippen molar-refractivity contribution in [2.75, 3.05) is 0 Å². The number of rotatable bonds is 2. The summed E-state index contributed by atoms with van der Waals surface area (Å²) in [5, 5.41) is 0. The lowest BCUT2D eigenvalue weighted by Crippen LogP contribution is -1.93. The van der Waals surface area contributed by atoms with Gasteiger partial charge in [-0.3, -0.25) is 0 Å². The van der Waals surface area contributed by atoms with E-state index in [1.165, 1.54) is 5.56 Å². The largest absolute Gasteiger partial charge is 0.438 e. The third kappa shape index (κ3) is 2.06. The molecule has 2 heteroatoms. The molecule has 1 aromatic heterocycles. The van der Waals surface area contributed by atoms with Gasteiger partial charge < -0.3 is 4.74 Å². The summed E-state index contributed by atoms with van der Waals surface area (Å²) in [6.07, 6.45) is 1.74. The Bertz CT molecular complexity index is 506. The highest BCUT2D eigenvalue weighted by Gasteiger charge is 2.05. The molecule has 0 fully saturated rings. The third-order valence-electron chi connectivity index (χ3n) is 2.72. The number of hydrogen-bond donors (Lipinski definition) is 0. The lowest BCUT2D eigenvalue weighted by Gasteiger charge is -2.10. The molecular weight excluding hydrogens is 198 g/mol. The maximum Gasteiger partial charge on any atom is 0.222 e. The Morgan fingerprint density at radius 3 is 2.44 bits per heavy atom. The van der Waals surface area contributed by atoms with Crippen LogP contribution in [0, 0.1) is 20.8 Å². The highest BCUT2D eigenvalue weighted by Crippen LogP contribution is 2.26. The van der Waals surface area contributed by atoms with Gasteiger partial charge in [0, 0.05) is 11.8 Å². The number of aromatic nitrogens is 1. The van der Waals surface area contributed by atoms with Gasteiger partial charge in [-0.15, -0.1) is 0 Å². The molecule has 0 N–H and O–H groups in total. The standard InChI is InChI=1S/C14H15NO/c1-10-6-4-8-13(12(10)3)16-14-11(2)7-5-9-15-14/h4-9H,1-3H3. The minimum absolute atomic E-state index is 0.677. The number of nitrogens with zero attached hydrogens (tertiary/aromatic N) is 1. The van der Waals surface area contributed by atoms with Gasteiger partial charge in [0.15, 0.2) is 0 Å². The lowest BCUT2D eigenvalue weighted by molar-refractivity contribution is 0.455. The van der Waals surface area contributed by atoms with E-state index in [1.807, 2.05) is 31.2 Å². The van der Waals surface area contributed by atoms with E-state index in [-0.39, 0.29) is 0 Å². The maximum absolute atomic E-state index is 5.81. The molecule has 0 spiro atoms. The van der Waals surface area contributed by atoms with E-state index < -0.39 is 0 Å². The van der Waals surface area contributed by atoms with Crippen LogP contribution in [0.1, 0.15) is 16.7 Å². The molecule has 0 bridgehead atoms. The molecule has 0 aliphatic heterocycles. The summed E-state index contributed by atoms with van der Waals surface area (Å²) in [4.78, 5) is 4.22. The van der Waals surface area contributed by atoms with Crippen molar-refractivity contribution in [3.05, 3.63) is 53.2 Å². The summed E-state index contributed by atoms with van der Waals surface area (Å²) < 4.78 is 5.81. The van der Waals surface area contributed by atoms with E-state index in [0.29, 0.717) is 5.88 Å². The second kappa shape index (κ2) is 4.35. The van der Waals surface area contributed by atoms with Crippen molar-refractivity contribution in [1.29, 1.82) is 0 Å². The van der Waals surface area contributed by atoms with Crippen LogP contribution >= 0.6 is 0 Å². The highest BCUT2D eigenvalue weighted by atomic mass is 16.5. The van der Waals surface area contributed by atoms with E-state index in [0.717, 1.165) is 16.9 Å². The van der Waals surface area contributed by atoms with E-state index in [4.69, 9.17) is 4.74 Å². The van der Waals surface area contributed by atoms with Crippen LogP contribution in [0.25, 0.3) is 0 Å². The molecular formula is C14H15NO. The summed E-state index contributed by atoms with van der Waals surface area (Å²) in [5.41, 5.74) is 3.43. The summed E-state index contributed by atoms with van der Waals surface area (Å²) in [7, 11) is 0. The first kappa shape index (κ1) is 10.7. The predicted molar refractivity (Wildman–Crippen MR) is 65.0 cm³/mol. The van der Waals surface area contributed by atoms with Gasteiger partial charge in [0.2, 0.25) is 5.88 Å². The number of benzene rings is 1. The van der Waals surface area contributed by atoms with E-state index in [1.54, 1.807) is 6.20 Å². The smallest absolute Gasteiger partial charge is 0.222 e. The van der Waals surface area contributed by atoms with E-state index >= 15 is 0 Å². The first-order valence-corrected chi connectivity index (χ1v) is 5.34. The number of ether oxygens (including phenoxy) is 1. The number of hydrogen-bond acceptors (Lipinski definition) is 2. The minimum atomic E-state index is 0.677. The Labute approximate surface area is 95.9 Å². The molecule has 16 heavy (non-hydrogen) atoms. The molecule has 0 unspecified atom stereocenters. The topological polar surface area (TPSA) is 22.1 Å². The molecule has 0 aliphatic carbocycles. The third-order valence-corrected chi connectivity index (χ3v) is 2.72. The van der Waals surface area contributed by atoms with Gasteiger partial charge in [0.05, 0.1) is 0 Å². The zero-order valence-corrected chi connectivity index (χ0v) is 9.82. The Morgan fingerprint density at radius 2 is 1.69 bits per heavy atom. The van der Waals surface area contributed by atoms with Gasteiger partial charge in [-0.25, -0.2) is 4.98 Å². The van der Waals surface area contributed by atoms with Crippen molar-refractivity contribution >= 4 is 0 Å². The van der Waals surface area contributed by atoms with Crippen molar-refractivity contribution < 1.29 is 4.74 Å². The van der Waals surface area contributed by atoms with Gasteiger partial charge in [0.25, 0.3) is 0 Å². The normalized spacial score (nSPS) is 10.2. The monoisotopic (exact) mass is 213 g/mol. The molecule has 0 amide bonds. The molecule has 0 aliphatic rings. The number of pyridine rings is 1. The zero-order chi connectivity index (χ0) is 11.5. The molecule has 1 aromatic carbocycles. The quantitative estimate of drug-likeness (QED) is 0.757. The Balaban J connectivity index is 2.35. The minimum Gasteiger partial charge on any atom is -0.438 e. The van der Waals surface area contributed by atoms with Gasteiger partial charge in [-0.1, -0.05) is 18.2 Å². The van der Waals surface area contributed by atoms with Gasteiger partial charge in [-0.2, -0.15) is 0 Å². The fourth-order valence-electron chi connectivity index (χ4n) is 1.52. The Morgan fingerprint density at radius 1 is 0.938 bits per heavy atom. The fourth-order valence-corrected chi connectivity index (χ4v) is 1.52. The van der Waals surface area contributed by atoms with Crippen molar-refractivity contribution in [3.63, 3.8) is 0 Å². The van der Waals surface area contributed by atoms with E-state index in [2.05, 4.69) is 24.9 Å². The highest BCUT2D eigenvalue weighted by molar-refractivity contribution is 5.41. The van der Waals surface area contributed by atoms with Crippen LogP contribution in [0.5, 0.6) is 11.6 Å². The molecule has 0 saturated heterocycles. The van der Waals surface area contributed by atoms with Crippen molar-refractivity contribution in [3.8, 4) is 11.6 Å². The lowest BCUT2D eigenvalue weighted by atomic mass is 10.1. The molecule has 2 rings (SSSR count).